The van der Waals surface area contributed by atoms with Crippen molar-refractivity contribution in [2.45, 2.75) is 63.9 Å². The number of carbonyl (C=O) groups is 1. The molecule has 0 amide bonds. The Labute approximate surface area is 112 Å². The first-order chi connectivity index (χ1) is 8.17. The monoisotopic (exact) mass is 273 g/mol. The van der Waals surface area contributed by atoms with E-state index >= 15 is 0 Å². The molecule has 1 aliphatic heterocycles. The number of methoxy groups -OCH3 is 1. The van der Waals surface area contributed by atoms with E-state index in [1.165, 1.54) is 7.11 Å². The first-order valence-electron chi connectivity index (χ1n) is 6.65. The van der Waals surface area contributed by atoms with Gasteiger partial charge in [0, 0.05) is 6.04 Å². The minimum Gasteiger partial charge on any atom is -0.469 e. The molecule has 1 saturated heterocycles. The van der Waals surface area contributed by atoms with Gasteiger partial charge in [-0.3, -0.25) is 4.79 Å². The molecule has 0 aromatic heterocycles. The summed E-state index contributed by atoms with van der Waals surface area (Å²) in [5.41, 5.74) is 0. The minimum atomic E-state index is -1.77. The third kappa shape index (κ3) is 3.80. The molecule has 4 nitrogen and oxygen atoms in total. The van der Waals surface area contributed by atoms with Gasteiger partial charge in [-0.1, -0.05) is 20.8 Å². The summed E-state index contributed by atoms with van der Waals surface area (Å²) in [4.78, 5) is 11.4. The summed E-state index contributed by atoms with van der Waals surface area (Å²) in [5, 5.41) is 3.54. The molecular formula is C13H27NO3Si. The van der Waals surface area contributed by atoms with E-state index in [1.54, 1.807) is 0 Å². The minimum absolute atomic E-state index is 0.103. The van der Waals surface area contributed by atoms with Gasteiger partial charge in [-0.2, -0.15) is 0 Å². The third-order valence-electron chi connectivity index (χ3n) is 4.15. The van der Waals surface area contributed by atoms with Crippen LogP contribution < -0.4 is 5.32 Å². The fourth-order valence-electron chi connectivity index (χ4n) is 1.91. The summed E-state index contributed by atoms with van der Waals surface area (Å²) in [7, 11) is -0.334. The highest BCUT2D eigenvalue weighted by atomic mass is 28.4. The van der Waals surface area contributed by atoms with Gasteiger partial charge in [0.1, 0.15) is 0 Å². The molecule has 5 heteroatoms. The maximum absolute atomic E-state index is 11.4. The first kappa shape index (κ1) is 15.7. The summed E-state index contributed by atoms with van der Waals surface area (Å²) < 4.78 is 11.1. The molecule has 106 valence electrons. The molecule has 1 aliphatic rings. The quantitative estimate of drug-likeness (QED) is 0.631. The molecule has 0 aliphatic carbocycles. The molecule has 0 spiro atoms. The number of ether oxygens (including phenoxy) is 1. The van der Waals surface area contributed by atoms with Crippen LogP contribution in [-0.2, 0) is 14.0 Å². The number of nitrogens with one attached hydrogen (secondary N) is 1. The van der Waals surface area contributed by atoms with Gasteiger partial charge in [0.2, 0.25) is 0 Å². The van der Waals surface area contributed by atoms with Gasteiger partial charge in [-0.15, -0.1) is 0 Å². The molecule has 1 N–H and O–H groups in total. The van der Waals surface area contributed by atoms with Crippen LogP contribution >= 0.6 is 0 Å². The number of hydrogen-bond acceptors (Lipinski definition) is 4. The predicted molar refractivity (Wildman–Crippen MR) is 75.1 cm³/mol. The molecule has 0 bridgehead atoms. The van der Waals surface area contributed by atoms with Crippen molar-refractivity contribution in [2.24, 2.45) is 0 Å². The van der Waals surface area contributed by atoms with Gasteiger partial charge in [0.05, 0.1) is 19.6 Å². The number of carbonyl (C=O) groups excluding carboxylic acids is 1. The Morgan fingerprint density at radius 2 is 2.00 bits per heavy atom. The number of hydrogen-bond donors (Lipinski definition) is 1. The Balaban J connectivity index is 2.63. The predicted octanol–water partition coefficient (Wildman–Crippen LogP) is 2.30. The van der Waals surface area contributed by atoms with Crippen LogP contribution in [0.1, 0.15) is 33.6 Å². The fraction of sp³-hybridized carbons (Fsp3) is 0.923. The van der Waals surface area contributed by atoms with Gasteiger partial charge >= 0.3 is 5.97 Å². The van der Waals surface area contributed by atoms with E-state index in [2.05, 4.69) is 39.2 Å². The van der Waals surface area contributed by atoms with Crippen LogP contribution in [-0.4, -0.2) is 40.1 Å². The van der Waals surface area contributed by atoms with Crippen LogP contribution in [0.25, 0.3) is 0 Å². The standard InChI is InChI=1S/C13H27NO3Si/c1-13(2,3)18(5,6)17-11-7-8-14-10(11)9-12(15)16-4/h10-11,14H,7-9H2,1-6H3. The van der Waals surface area contributed by atoms with Crippen molar-refractivity contribution in [3.8, 4) is 0 Å². The van der Waals surface area contributed by atoms with Gasteiger partial charge in [-0.25, -0.2) is 0 Å². The zero-order chi connectivity index (χ0) is 14.0. The van der Waals surface area contributed by atoms with E-state index in [-0.39, 0.29) is 23.2 Å². The van der Waals surface area contributed by atoms with Crippen LogP contribution in [0.5, 0.6) is 0 Å². The molecule has 2 atom stereocenters. The van der Waals surface area contributed by atoms with Crippen LogP contribution in [0.3, 0.4) is 0 Å². The lowest BCUT2D eigenvalue weighted by Gasteiger charge is -2.39. The van der Waals surface area contributed by atoms with E-state index in [4.69, 9.17) is 9.16 Å². The van der Waals surface area contributed by atoms with E-state index in [9.17, 15) is 4.79 Å². The third-order valence-corrected chi connectivity index (χ3v) is 8.65. The molecular weight excluding hydrogens is 246 g/mol. The lowest BCUT2D eigenvalue weighted by Crippen LogP contribution is -2.47. The zero-order valence-electron chi connectivity index (χ0n) is 12.5. The maximum atomic E-state index is 11.4. The average Bonchev–Trinajstić information content (AvgIpc) is 2.63. The lowest BCUT2D eigenvalue weighted by atomic mass is 10.1. The van der Waals surface area contributed by atoms with Gasteiger partial charge < -0.3 is 14.5 Å². The van der Waals surface area contributed by atoms with E-state index < -0.39 is 8.32 Å². The van der Waals surface area contributed by atoms with Gasteiger partial charge in [0.25, 0.3) is 0 Å². The smallest absolute Gasteiger partial charge is 0.307 e. The Morgan fingerprint density at radius 3 is 2.50 bits per heavy atom. The van der Waals surface area contributed by atoms with Crippen LogP contribution in [0.4, 0.5) is 0 Å². The molecule has 0 aromatic rings. The molecule has 1 fully saturated rings. The van der Waals surface area contributed by atoms with Crippen LogP contribution in [0.2, 0.25) is 18.1 Å². The summed E-state index contributed by atoms with van der Waals surface area (Å²) in [6, 6.07) is 0.103. The van der Waals surface area contributed by atoms with Crippen molar-refractivity contribution >= 4 is 14.3 Å². The largest absolute Gasteiger partial charge is 0.469 e. The molecule has 0 aromatic carbocycles. The van der Waals surface area contributed by atoms with Crippen molar-refractivity contribution in [1.29, 1.82) is 0 Å². The highest BCUT2D eigenvalue weighted by molar-refractivity contribution is 6.74. The maximum Gasteiger partial charge on any atom is 0.307 e. The number of esters is 1. The van der Waals surface area contributed by atoms with Gasteiger partial charge in [-0.05, 0) is 31.1 Å². The molecule has 0 radical (unpaired) electrons. The normalized spacial score (nSPS) is 25.2. The summed E-state index contributed by atoms with van der Waals surface area (Å²) in [6.07, 6.45) is 1.52. The Hall–Kier alpha value is -0.393. The van der Waals surface area contributed by atoms with Crippen molar-refractivity contribution in [1.82, 2.24) is 5.32 Å². The Kier molecular flexibility index (Phi) is 4.97. The lowest BCUT2D eigenvalue weighted by molar-refractivity contribution is -0.141. The van der Waals surface area contributed by atoms with E-state index in [1.807, 2.05) is 0 Å². The average molecular weight is 273 g/mol. The highest BCUT2D eigenvalue weighted by Gasteiger charge is 2.42. The Bertz CT molecular complexity index is 299. The molecule has 2 unspecified atom stereocenters. The van der Waals surface area contributed by atoms with Crippen molar-refractivity contribution < 1.29 is 14.0 Å². The Morgan fingerprint density at radius 1 is 1.39 bits per heavy atom. The second-order valence-corrected chi connectivity index (χ2v) is 11.3. The summed E-state index contributed by atoms with van der Waals surface area (Å²) >= 11 is 0. The first-order valence-corrected chi connectivity index (χ1v) is 9.56. The van der Waals surface area contributed by atoms with Gasteiger partial charge in [0.15, 0.2) is 8.32 Å². The second-order valence-electron chi connectivity index (χ2n) is 6.55. The van der Waals surface area contributed by atoms with Crippen molar-refractivity contribution in [3.63, 3.8) is 0 Å². The topological polar surface area (TPSA) is 47.6 Å². The fourth-order valence-corrected chi connectivity index (χ4v) is 3.30. The summed E-state index contributed by atoms with van der Waals surface area (Å²) in [6.45, 7) is 12.1. The number of rotatable bonds is 4. The van der Waals surface area contributed by atoms with Crippen LogP contribution in [0, 0.1) is 0 Å². The second kappa shape index (κ2) is 5.71. The van der Waals surface area contributed by atoms with Crippen molar-refractivity contribution in [2.75, 3.05) is 13.7 Å². The molecule has 1 rings (SSSR count). The molecule has 0 saturated carbocycles. The summed E-state index contributed by atoms with van der Waals surface area (Å²) in [5.74, 6) is -0.168. The van der Waals surface area contributed by atoms with E-state index in [0.717, 1.165) is 13.0 Å². The SMILES string of the molecule is COC(=O)CC1NCCC1O[Si](C)(C)C(C)(C)C. The van der Waals surface area contributed by atoms with Crippen LogP contribution in [0.15, 0.2) is 0 Å². The molecule has 1 heterocycles. The van der Waals surface area contributed by atoms with E-state index in [0.29, 0.717) is 6.42 Å². The zero-order valence-corrected chi connectivity index (χ0v) is 13.5. The van der Waals surface area contributed by atoms with Crippen molar-refractivity contribution in [3.05, 3.63) is 0 Å². The highest BCUT2D eigenvalue weighted by Crippen LogP contribution is 2.38. The molecule has 18 heavy (non-hydrogen) atoms.